The largest absolute Gasteiger partial charge is 0.397 e. The maximum atomic E-state index is 12.2. The SMILES string of the molecule is Cc1nn(C)c2sc(C(=O)NCCCC3CC3)c(N)c12. The Morgan fingerprint density at radius 2 is 2.30 bits per heavy atom. The number of rotatable bonds is 5. The molecule has 1 fully saturated rings. The van der Waals surface area contributed by atoms with E-state index in [1.807, 2.05) is 14.0 Å². The van der Waals surface area contributed by atoms with Crippen LogP contribution in [0.2, 0.25) is 0 Å². The second kappa shape index (κ2) is 5.09. The van der Waals surface area contributed by atoms with Crippen LogP contribution >= 0.6 is 11.3 Å². The van der Waals surface area contributed by atoms with Crippen LogP contribution in [0.4, 0.5) is 5.69 Å². The number of aromatic nitrogens is 2. The van der Waals surface area contributed by atoms with Gasteiger partial charge in [-0.2, -0.15) is 5.10 Å². The van der Waals surface area contributed by atoms with E-state index < -0.39 is 0 Å². The number of amides is 1. The normalized spacial score (nSPS) is 14.9. The topological polar surface area (TPSA) is 72.9 Å². The number of thiophene rings is 1. The number of hydrogen-bond donors (Lipinski definition) is 2. The molecule has 3 N–H and O–H groups in total. The molecule has 0 atom stereocenters. The maximum Gasteiger partial charge on any atom is 0.263 e. The van der Waals surface area contributed by atoms with Crippen molar-refractivity contribution in [2.75, 3.05) is 12.3 Å². The summed E-state index contributed by atoms with van der Waals surface area (Å²) in [4.78, 5) is 13.8. The summed E-state index contributed by atoms with van der Waals surface area (Å²) < 4.78 is 1.79. The number of nitrogens with zero attached hydrogens (tertiary/aromatic N) is 2. The molecule has 0 saturated heterocycles. The Morgan fingerprint density at radius 3 is 2.95 bits per heavy atom. The lowest BCUT2D eigenvalue weighted by Crippen LogP contribution is -2.24. The number of nitrogen functional groups attached to an aromatic ring is 1. The monoisotopic (exact) mass is 292 g/mol. The molecule has 0 radical (unpaired) electrons. The second-order valence-corrected chi connectivity index (χ2v) is 6.57. The molecule has 1 amide bonds. The molecular formula is C14H20N4OS. The molecule has 2 heterocycles. The zero-order valence-electron chi connectivity index (χ0n) is 11.9. The van der Waals surface area contributed by atoms with Gasteiger partial charge in [0.05, 0.1) is 16.8 Å². The van der Waals surface area contributed by atoms with E-state index in [1.54, 1.807) is 4.68 Å². The minimum absolute atomic E-state index is 0.0566. The second-order valence-electron chi connectivity index (χ2n) is 5.58. The Morgan fingerprint density at radius 1 is 1.55 bits per heavy atom. The van der Waals surface area contributed by atoms with Crippen LogP contribution in [0.15, 0.2) is 0 Å². The fourth-order valence-corrected chi connectivity index (χ4v) is 3.68. The standard InChI is InChI=1S/C14H20N4OS/c1-8-10-11(15)12(20-14(10)18(2)17-8)13(19)16-7-3-4-9-5-6-9/h9H,3-7,15H2,1-2H3,(H,16,19). The van der Waals surface area contributed by atoms with E-state index in [0.717, 1.165) is 34.8 Å². The molecule has 5 nitrogen and oxygen atoms in total. The Bertz CT molecular complexity index is 654. The first-order valence-electron chi connectivity index (χ1n) is 7.07. The van der Waals surface area contributed by atoms with Crippen molar-refractivity contribution in [2.45, 2.75) is 32.6 Å². The molecule has 6 heteroatoms. The first-order valence-corrected chi connectivity index (χ1v) is 7.89. The van der Waals surface area contributed by atoms with Crippen molar-refractivity contribution in [1.29, 1.82) is 0 Å². The average molecular weight is 292 g/mol. The van der Waals surface area contributed by atoms with Gasteiger partial charge in [0.1, 0.15) is 9.71 Å². The number of nitrogens with two attached hydrogens (primary N) is 1. The summed E-state index contributed by atoms with van der Waals surface area (Å²) in [7, 11) is 1.88. The van der Waals surface area contributed by atoms with Crippen molar-refractivity contribution < 1.29 is 4.79 Å². The van der Waals surface area contributed by atoms with Crippen molar-refractivity contribution in [3.63, 3.8) is 0 Å². The highest BCUT2D eigenvalue weighted by atomic mass is 32.1. The van der Waals surface area contributed by atoms with E-state index in [9.17, 15) is 4.79 Å². The third-order valence-corrected chi connectivity index (χ3v) is 5.13. The maximum absolute atomic E-state index is 12.2. The molecule has 0 unspecified atom stereocenters. The minimum atomic E-state index is -0.0566. The Hall–Kier alpha value is -1.56. The van der Waals surface area contributed by atoms with E-state index in [1.165, 1.54) is 30.6 Å². The van der Waals surface area contributed by atoms with Gasteiger partial charge in [-0.05, 0) is 25.7 Å². The Balaban J connectivity index is 1.70. The van der Waals surface area contributed by atoms with Crippen molar-refractivity contribution in [3.8, 4) is 0 Å². The van der Waals surface area contributed by atoms with Crippen molar-refractivity contribution in [2.24, 2.45) is 13.0 Å². The molecule has 2 aromatic heterocycles. The summed E-state index contributed by atoms with van der Waals surface area (Å²) in [5.74, 6) is 0.855. The van der Waals surface area contributed by atoms with Gasteiger partial charge in [-0.15, -0.1) is 11.3 Å². The molecule has 108 valence electrons. The van der Waals surface area contributed by atoms with Crippen LogP contribution in [0.5, 0.6) is 0 Å². The summed E-state index contributed by atoms with van der Waals surface area (Å²) in [6, 6.07) is 0. The first kappa shape index (κ1) is 13.4. The smallest absolute Gasteiger partial charge is 0.263 e. The molecule has 1 saturated carbocycles. The van der Waals surface area contributed by atoms with Crippen LogP contribution in [-0.2, 0) is 7.05 Å². The van der Waals surface area contributed by atoms with Gasteiger partial charge in [0.25, 0.3) is 5.91 Å². The molecule has 0 bridgehead atoms. The van der Waals surface area contributed by atoms with Crippen LogP contribution in [0.25, 0.3) is 10.2 Å². The fraction of sp³-hybridized carbons (Fsp3) is 0.571. The number of carbonyl (C=O) groups excluding carboxylic acids is 1. The summed E-state index contributed by atoms with van der Waals surface area (Å²) in [6.45, 7) is 2.66. The van der Waals surface area contributed by atoms with Gasteiger partial charge in [-0.1, -0.05) is 12.8 Å². The van der Waals surface area contributed by atoms with Crippen LogP contribution in [-0.4, -0.2) is 22.2 Å². The number of anilines is 1. The molecule has 20 heavy (non-hydrogen) atoms. The fourth-order valence-electron chi connectivity index (χ4n) is 2.58. The zero-order valence-corrected chi connectivity index (χ0v) is 12.7. The predicted molar refractivity (Wildman–Crippen MR) is 82.0 cm³/mol. The lowest BCUT2D eigenvalue weighted by Gasteiger charge is -2.04. The predicted octanol–water partition coefficient (Wildman–Crippen LogP) is 2.45. The molecule has 0 aromatic carbocycles. The highest BCUT2D eigenvalue weighted by molar-refractivity contribution is 7.21. The third-order valence-electron chi connectivity index (χ3n) is 3.86. The molecule has 3 rings (SSSR count). The molecular weight excluding hydrogens is 272 g/mol. The van der Waals surface area contributed by atoms with E-state index in [2.05, 4.69) is 10.4 Å². The lowest BCUT2D eigenvalue weighted by atomic mass is 10.2. The number of carbonyl (C=O) groups is 1. The van der Waals surface area contributed by atoms with Gasteiger partial charge in [-0.25, -0.2) is 0 Å². The first-order chi connectivity index (χ1) is 9.58. The minimum Gasteiger partial charge on any atom is -0.397 e. The van der Waals surface area contributed by atoms with Gasteiger partial charge in [-0.3, -0.25) is 9.48 Å². The number of fused-ring (bicyclic) bond motifs is 1. The van der Waals surface area contributed by atoms with Crippen LogP contribution < -0.4 is 11.1 Å². The summed E-state index contributed by atoms with van der Waals surface area (Å²) in [6.07, 6.45) is 5.01. The quantitative estimate of drug-likeness (QED) is 0.831. The van der Waals surface area contributed by atoms with Gasteiger partial charge in [0, 0.05) is 13.6 Å². The molecule has 1 aliphatic rings. The van der Waals surface area contributed by atoms with Crippen molar-refractivity contribution >= 4 is 33.1 Å². The number of nitrogens with one attached hydrogen (secondary N) is 1. The van der Waals surface area contributed by atoms with Crippen LogP contribution in [0.1, 0.15) is 41.0 Å². The molecule has 2 aromatic rings. The van der Waals surface area contributed by atoms with E-state index in [4.69, 9.17) is 5.73 Å². The van der Waals surface area contributed by atoms with E-state index >= 15 is 0 Å². The lowest BCUT2D eigenvalue weighted by molar-refractivity contribution is 0.0957. The molecule has 0 spiro atoms. The van der Waals surface area contributed by atoms with Gasteiger partial charge in [0.15, 0.2) is 0 Å². The van der Waals surface area contributed by atoms with Crippen molar-refractivity contribution in [1.82, 2.24) is 15.1 Å². The Labute approximate surface area is 122 Å². The van der Waals surface area contributed by atoms with E-state index in [-0.39, 0.29) is 5.91 Å². The number of hydrogen-bond acceptors (Lipinski definition) is 4. The third kappa shape index (κ3) is 2.40. The summed E-state index contributed by atoms with van der Waals surface area (Å²) in [5, 5.41) is 8.22. The van der Waals surface area contributed by atoms with Gasteiger partial charge in [0.2, 0.25) is 0 Å². The molecule has 0 aliphatic heterocycles. The molecule has 1 aliphatic carbocycles. The van der Waals surface area contributed by atoms with Gasteiger partial charge < -0.3 is 11.1 Å². The van der Waals surface area contributed by atoms with Gasteiger partial charge >= 0.3 is 0 Å². The zero-order chi connectivity index (χ0) is 14.3. The highest BCUT2D eigenvalue weighted by Gasteiger charge is 2.22. The Kier molecular flexibility index (Phi) is 3.41. The average Bonchev–Trinajstić information content (AvgIpc) is 3.09. The highest BCUT2D eigenvalue weighted by Crippen LogP contribution is 2.35. The van der Waals surface area contributed by atoms with Crippen LogP contribution in [0, 0.1) is 12.8 Å². The summed E-state index contributed by atoms with van der Waals surface area (Å²) >= 11 is 1.42. The summed E-state index contributed by atoms with van der Waals surface area (Å²) in [5.41, 5.74) is 7.56. The van der Waals surface area contributed by atoms with Crippen LogP contribution in [0.3, 0.4) is 0 Å². The number of aryl methyl sites for hydroxylation is 2. The van der Waals surface area contributed by atoms with Crippen molar-refractivity contribution in [3.05, 3.63) is 10.6 Å². The van der Waals surface area contributed by atoms with E-state index in [0.29, 0.717) is 10.6 Å².